The second-order valence-corrected chi connectivity index (χ2v) is 10.1. The van der Waals surface area contributed by atoms with Gasteiger partial charge in [-0.05, 0) is 59.3 Å². The molecular weight excluding hydrogens is 412 g/mol. The van der Waals surface area contributed by atoms with Crippen molar-refractivity contribution in [3.63, 3.8) is 0 Å². The molecule has 9 nitrogen and oxygen atoms in total. The standard InChI is InChI=1S/C23H36N4O5/c1-22(2,3)32-21(31)25-16-11-8-6-4-5-7-10-15-14-23(15,20(24)30)26-18(28)17-12-9-13-27(17)19(16)29/h7,10,15-17H,4-6,8-9,11-14H2,1-3H3,(H2,24,30)(H,25,31)(H,26,28)/b10-7-/t15-,16+,17+,23-/m1/s1. The van der Waals surface area contributed by atoms with Gasteiger partial charge in [0, 0.05) is 12.5 Å². The molecule has 3 aliphatic rings. The number of allylic oxidation sites excluding steroid dienone is 1. The molecule has 2 heterocycles. The van der Waals surface area contributed by atoms with E-state index in [9.17, 15) is 19.2 Å². The second-order valence-electron chi connectivity index (χ2n) is 10.1. The Labute approximate surface area is 189 Å². The zero-order valence-electron chi connectivity index (χ0n) is 19.3. The molecule has 0 spiro atoms. The average molecular weight is 449 g/mol. The molecule has 2 fully saturated rings. The third-order valence-electron chi connectivity index (χ3n) is 6.36. The lowest BCUT2D eigenvalue weighted by molar-refractivity contribution is -0.141. The molecule has 1 saturated heterocycles. The van der Waals surface area contributed by atoms with Crippen molar-refractivity contribution in [1.29, 1.82) is 0 Å². The Kier molecular flexibility index (Phi) is 7.15. The van der Waals surface area contributed by atoms with Gasteiger partial charge >= 0.3 is 6.09 Å². The van der Waals surface area contributed by atoms with Crippen LogP contribution in [0.1, 0.15) is 72.1 Å². The summed E-state index contributed by atoms with van der Waals surface area (Å²) < 4.78 is 5.35. The summed E-state index contributed by atoms with van der Waals surface area (Å²) in [4.78, 5) is 52.5. The molecule has 4 atom stereocenters. The summed E-state index contributed by atoms with van der Waals surface area (Å²) in [6, 6.07) is -1.45. The first kappa shape index (κ1) is 24.1. The van der Waals surface area contributed by atoms with Gasteiger partial charge in [-0.25, -0.2) is 4.79 Å². The third-order valence-corrected chi connectivity index (χ3v) is 6.36. The van der Waals surface area contributed by atoms with Gasteiger partial charge in [0.15, 0.2) is 0 Å². The second kappa shape index (κ2) is 9.50. The lowest BCUT2D eigenvalue weighted by atomic mass is 10.0. The number of alkyl carbamates (subject to hydrolysis) is 1. The number of fused-ring (bicyclic) bond motifs is 2. The van der Waals surface area contributed by atoms with Gasteiger partial charge in [-0.15, -0.1) is 0 Å². The number of hydrogen-bond donors (Lipinski definition) is 3. The largest absolute Gasteiger partial charge is 0.444 e. The number of nitrogens with one attached hydrogen (secondary N) is 2. The molecule has 4 amide bonds. The smallest absolute Gasteiger partial charge is 0.408 e. The number of hydrogen-bond acceptors (Lipinski definition) is 5. The molecule has 9 heteroatoms. The molecule has 1 saturated carbocycles. The van der Waals surface area contributed by atoms with Crippen molar-refractivity contribution in [2.24, 2.45) is 11.7 Å². The van der Waals surface area contributed by atoms with E-state index in [0.29, 0.717) is 32.2 Å². The number of amides is 4. The zero-order valence-corrected chi connectivity index (χ0v) is 19.3. The number of carbonyl (C=O) groups is 4. The van der Waals surface area contributed by atoms with Gasteiger partial charge in [0.2, 0.25) is 17.7 Å². The number of carbonyl (C=O) groups excluding carboxylic acids is 4. The number of ether oxygens (including phenoxy) is 1. The van der Waals surface area contributed by atoms with Crippen LogP contribution < -0.4 is 16.4 Å². The van der Waals surface area contributed by atoms with E-state index in [1.54, 1.807) is 20.8 Å². The van der Waals surface area contributed by atoms with Crippen LogP contribution >= 0.6 is 0 Å². The van der Waals surface area contributed by atoms with Gasteiger partial charge < -0.3 is 26.0 Å². The van der Waals surface area contributed by atoms with Gasteiger partial charge in [-0.3, -0.25) is 14.4 Å². The fourth-order valence-corrected chi connectivity index (χ4v) is 4.57. The summed E-state index contributed by atoms with van der Waals surface area (Å²) >= 11 is 0. The van der Waals surface area contributed by atoms with Crippen LogP contribution in [0.2, 0.25) is 0 Å². The van der Waals surface area contributed by atoms with E-state index in [2.05, 4.69) is 10.6 Å². The Hall–Kier alpha value is -2.58. The molecule has 178 valence electrons. The molecule has 0 aromatic carbocycles. The van der Waals surface area contributed by atoms with E-state index < -0.39 is 35.2 Å². The Morgan fingerprint density at radius 3 is 2.62 bits per heavy atom. The molecule has 3 rings (SSSR count). The van der Waals surface area contributed by atoms with Gasteiger partial charge in [0.1, 0.15) is 23.2 Å². The highest BCUT2D eigenvalue weighted by atomic mass is 16.6. The fourth-order valence-electron chi connectivity index (χ4n) is 4.57. The van der Waals surface area contributed by atoms with E-state index in [0.717, 1.165) is 25.7 Å². The predicted molar refractivity (Wildman–Crippen MR) is 118 cm³/mol. The van der Waals surface area contributed by atoms with Crippen LogP contribution in [0.3, 0.4) is 0 Å². The number of rotatable bonds is 2. The summed E-state index contributed by atoms with van der Waals surface area (Å²) in [6.07, 6.45) is 8.92. The predicted octanol–water partition coefficient (Wildman–Crippen LogP) is 1.75. The fraction of sp³-hybridized carbons (Fsp3) is 0.739. The minimum atomic E-state index is -1.07. The Bertz CT molecular complexity index is 790. The normalized spacial score (nSPS) is 32.5. The first-order valence-electron chi connectivity index (χ1n) is 11.6. The maximum atomic E-state index is 13.4. The highest BCUT2D eigenvalue weighted by molar-refractivity contribution is 5.97. The lowest BCUT2D eigenvalue weighted by Gasteiger charge is -2.30. The molecule has 0 aromatic heterocycles. The van der Waals surface area contributed by atoms with Gasteiger partial charge in [0.05, 0.1) is 0 Å². The van der Waals surface area contributed by atoms with Gasteiger partial charge in [-0.2, -0.15) is 0 Å². The molecule has 0 aromatic rings. The molecule has 2 aliphatic heterocycles. The number of nitrogens with two attached hydrogens (primary N) is 1. The minimum absolute atomic E-state index is 0.110. The first-order valence-corrected chi connectivity index (χ1v) is 11.6. The maximum absolute atomic E-state index is 13.4. The van der Waals surface area contributed by atoms with Crippen molar-refractivity contribution in [1.82, 2.24) is 15.5 Å². The van der Waals surface area contributed by atoms with Crippen molar-refractivity contribution >= 4 is 23.8 Å². The molecule has 0 radical (unpaired) electrons. The zero-order chi connectivity index (χ0) is 23.5. The van der Waals surface area contributed by atoms with E-state index in [4.69, 9.17) is 10.5 Å². The van der Waals surface area contributed by atoms with Crippen LogP contribution in [0.25, 0.3) is 0 Å². The molecular formula is C23H36N4O5. The van der Waals surface area contributed by atoms with Crippen molar-refractivity contribution in [3.8, 4) is 0 Å². The average Bonchev–Trinajstić information content (AvgIpc) is 3.16. The molecule has 32 heavy (non-hydrogen) atoms. The van der Waals surface area contributed by atoms with Crippen LogP contribution in [-0.4, -0.2) is 58.5 Å². The molecule has 4 N–H and O–H groups in total. The minimum Gasteiger partial charge on any atom is -0.444 e. The van der Waals surface area contributed by atoms with Crippen LogP contribution in [-0.2, 0) is 19.1 Å². The monoisotopic (exact) mass is 448 g/mol. The highest BCUT2D eigenvalue weighted by Gasteiger charge is 2.59. The van der Waals surface area contributed by atoms with E-state index in [1.165, 1.54) is 4.90 Å². The lowest BCUT2D eigenvalue weighted by Crippen LogP contribution is -2.57. The maximum Gasteiger partial charge on any atom is 0.408 e. The molecule has 0 unspecified atom stereocenters. The van der Waals surface area contributed by atoms with Crippen LogP contribution in [0.4, 0.5) is 4.79 Å². The quantitative estimate of drug-likeness (QED) is 0.554. The highest BCUT2D eigenvalue weighted by Crippen LogP contribution is 2.45. The number of nitrogens with zero attached hydrogens (tertiary/aromatic N) is 1. The molecule has 0 bridgehead atoms. The van der Waals surface area contributed by atoms with Crippen LogP contribution in [0.15, 0.2) is 12.2 Å². The van der Waals surface area contributed by atoms with Crippen molar-refractivity contribution in [2.75, 3.05) is 6.54 Å². The van der Waals surface area contributed by atoms with Gasteiger partial charge in [-0.1, -0.05) is 25.0 Å². The summed E-state index contributed by atoms with van der Waals surface area (Å²) in [6.45, 7) is 5.72. The van der Waals surface area contributed by atoms with Gasteiger partial charge in [0.25, 0.3) is 0 Å². The summed E-state index contributed by atoms with van der Waals surface area (Å²) in [5.41, 5.74) is 3.88. The van der Waals surface area contributed by atoms with E-state index in [1.807, 2.05) is 12.2 Å². The Morgan fingerprint density at radius 1 is 1.19 bits per heavy atom. The number of primary amides is 1. The summed E-state index contributed by atoms with van der Waals surface area (Å²) in [5, 5.41) is 5.56. The van der Waals surface area contributed by atoms with Crippen molar-refractivity contribution in [3.05, 3.63) is 12.2 Å². The third kappa shape index (κ3) is 5.61. The summed E-state index contributed by atoms with van der Waals surface area (Å²) in [5.74, 6) is -1.32. The van der Waals surface area contributed by atoms with Crippen molar-refractivity contribution < 1.29 is 23.9 Å². The molecule has 1 aliphatic carbocycles. The van der Waals surface area contributed by atoms with Crippen LogP contribution in [0, 0.1) is 5.92 Å². The first-order chi connectivity index (χ1) is 15.0. The van der Waals surface area contributed by atoms with E-state index >= 15 is 0 Å². The SMILES string of the molecule is CC(C)(C)OC(=O)N[C@H]1CCCCC/C=C\[C@@H]2C[C@@]2(C(N)=O)NC(=O)[C@@H]2CCCN2C1=O. The van der Waals surface area contributed by atoms with Crippen LogP contribution in [0.5, 0.6) is 0 Å². The van der Waals surface area contributed by atoms with E-state index in [-0.39, 0.29) is 17.7 Å². The topological polar surface area (TPSA) is 131 Å². The Balaban J connectivity index is 1.79. The summed E-state index contributed by atoms with van der Waals surface area (Å²) in [7, 11) is 0. The van der Waals surface area contributed by atoms with Crippen molar-refractivity contribution in [2.45, 2.75) is 95.4 Å². The Morgan fingerprint density at radius 2 is 1.94 bits per heavy atom.